The van der Waals surface area contributed by atoms with Gasteiger partial charge in [-0.25, -0.2) is 8.78 Å². The topological polar surface area (TPSA) is 67.4 Å². The molecular weight excluding hydrogens is 580 g/mol. The molecule has 0 aliphatic heterocycles. The van der Waals surface area contributed by atoms with Crippen molar-refractivity contribution in [3.8, 4) is 5.75 Å². The van der Waals surface area contributed by atoms with Crippen LogP contribution in [0.25, 0.3) is 0 Å². The first-order chi connectivity index (χ1) is 16.9. The van der Waals surface area contributed by atoms with Crippen molar-refractivity contribution < 1.29 is 23.1 Å². The lowest BCUT2D eigenvalue weighted by Gasteiger charge is -2.11. The van der Waals surface area contributed by atoms with Gasteiger partial charge in [-0.3, -0.25) is 9.59 Å². The molecular formula is C24H15Cl5F2N2O3. The number of hydrogen-bond donors (Lipinski definition) is 2. The Labute approximate surface area is 229 Å². The number of hydrogen-bond acceptors (Lipinski definition) is 3. The van der Waals surface area contributed by atoms with Crippen molar-refractivity contribution in [2.45, 2.75) is 10.3 Å². The van der Waals surface area contributed by atoms with Crippen LogP contribution in [0.3, 0.4) is 0 Å². The largest absolute Gasteiger partial charge is 0.494 e. The predicted octanol–water partition coefficient (Wildman–Crippen LogP) is 7.71. The fourth-order valence-corrected chi connectivity index (χ4v) is 5.49. The van der Waals surface area contributed by atoms with E-state index in [4.69, 9.17) is 62.7 Å². The highest BCUT2D eigenvalue weighted by atomic mass is 35.5. The third-order valence-corrected chi connectivity index (χ3v) is 7.41. The van der Waals surface area contributed by atoms with Crippen molar-refractivity contribution in [3.05, 3.63) is 86.4 Å². The molecule has 3 aromatic carbocycles. The molecule has 0 spiro atoms. The van der Waals surface area contributed by atoms with Crippen molar-refractivity contribution >= 4 is 81.2 Å². The highest BCUT2D eigenvalue weighted by Gasteiger charge is 2.67. The molecule has 0 saturated heterocycles. The van der Waals surface area contributed by atoms with Crippen LogP contribution in [0.4, 0.5) is 20.2 Å². The molecule has 36 heavy (non-hydrogen) atoms. The first-order valence-electron chi connectivity index (χ1n) is 10.2. The van der Waals surface area contributed by atoms with E-state index in [-0.39, 0.29) is 37.8 Å². The van der Waals surface area contributed by atoms with Gasteiger partial charge in [0, 0.05) is 17.7 Å². The van der Waals surface area contributed by atoms with Gasteiger partial charge in [-0.05, 0) is 48.0 Å². The van der Waals surface area contributed by atoms with E-state index >= 15 is 0 Å². The Kier molecular flexibility index (Phi) is 7.60. The second kappa shape index (κ2) is 10.2. The van der Waals surface area contributed by atoms with Crippen LogP contribution >= 0.6 is 58.0 Å². The maximum Gasteiger partial charge on any atom is 0.257 e. The molecule has 0 aromatic heterocycles. The monoisotopic (exact) mass is 592 g/mol. The first-order valence-corrected chi connectivity index (χ1v) is 12.1. The average Bonchev–Trinajstić information content (AvgIpc) is 3.38. The number of halogens is 7. The van der Waals surface area contributed by atoms with Crippen molar-refractivity contribution in [2.24, 2.45) is 5.92 Å². The molecule has 2 unspecified atom stereocenters. The van der Waals surface area contributed by atoms with Crippen molar-refractivity contribution in [3.63, 3.8) is 0 Å². The summed E-state index contributed by atoms with van der Waals surface area (Å²) >= 11 is 31.4. The number of carbonyl (C=O) groups excluding carboxylic acids is 2. The predicted molar refractivity (Wildman–Crippen MR) is 138 cm³/mol. The molecule has 0 heterocycles. The SMILES string of the molecule is COc1c(Cl)cc(C2C(C(=O)Nc3ccc(Cl)c(C(=O)Nc4ccc(F)cc4F)c3)C2(Cl)Cl)cc1Cl. The number of alkyl halides is 2. The van der Waals surface area contributed by atoms with Crippen molar-refractivity contribution in [2.75, 3.05) is 17.7 Å². The van der Waals surface area contributed by atoms with Gasteiger partial charge in [0.15, 0.2) is 5.75 Å². The Bertz CT molecular complexity index is 1360. The lowest BCUT2D eigenvalue weighted by Crippen LogP contribution is -2.18. The number of carbonyl (C=O) groups is 2. The highest BCUT2D eigenvalue weighted by molar-refractivity contribution is 6.53. The van der Waals surface area contributed by atoms with Crippen LogP contribution in [0.2, 0.25) is 15.1 Å². The Hall–Kier alpha value is -2.29. The molecule has 12 heteroatoms. The van der Waals surface area contributed by atoms with Crippen LogP contribution in [0.15, 0.2) is 48.5 Å². The maximum absolute atomic E-state index is 13.9. The van der Waals surface area contributed by atoms with E-state index in [9.17, 15) is 18.4 Å². The van der Waals surface area contributed by atoms with Crippen molar-refractivity contribution in [1.82, 2.24) is 0 Å². The Morgan fingerprint density at radius 1 is 0.917 bits per heavy atom. The number of nitrogens with one attached hydrogen (secondary N) is 2. The summed E-state index contributed by atoms with van der Waals surface area (Å²) in [4.78, 5) is 25.7. The van der Waals surface area contributed by atoms with E-state index in [0.717, 1.165) is 12.1 Å². The van der Waals surface area contributed by atoms with Crippen molar-refractivity contribution in [1.29, 1.82) is 0 Å². The van der Waals surface area contributed by atoms with E-state index in [1.807, 2.05) is 0 Å². The Morgan fingerprint density at radius 3 is 2.19 bits per heavy atom. The number of methoxy groups -OCH3 is 1. The molecule has 188 valence electrons. The molecule has 2 N–H and O–H groups in total. The lowest BCUT2D eigenvalue weighted by molar-refractivity contribution is -0.117. The zero-order valence-electron chi connectivity index (χ0n) is 18.1. The molecule has 1 aliphatic rings. The van der Waals surface area contributed by atoms with Crippen LogP contribution in [0.1, 0.15) is 21.8 Å². The molecule has 1 fully saturated rings. The molecule has 4 rings (SSSR count). The summed E-state index contributed by atoms with van der Waals surface area (Å²) in [5.41, 5.74) is 0.476. The smallest absolute Gasteiger partial charge is 0.257 e. The molecule has 0 radical (unpaired) electrons. The fourth-order valence-electron chi connectivity index (χ4n) is 3.80. The highest BCUT2D eigenvalue weighted by Crippen LogP contribution is 2.65. The number of rotatable bonds is 6. The molecule has 2 amide bonds. The Balaban J connectivity index is 1.52. The van der Waals surface area contributed by atoms with E-state index in [0.29, 0.717) is 11.6 Å². The number of benzene rings is 3. The lowest BCUT2D eigenvalue weighted by atomic mass is 10.1. The number of ether oxygens (including phenoxy) is 1. The second-order valence-electron chi connectivity index (χ2n) is 7.91. The van der Waals surface area contributed by atoms with Gasteiger partial charge in [-0.1, -0.05) is 34.8 Å². The van der Waals surface area contributed by atoms with Gasteiger partial charge >= 0.3 is 0 Å². The summed E-state index contributed by atoms with van der Waals surface area (Å²) < 4.78 is 30.8. The van der Waals surface area contributed by atoms with E-state index < -0.39 is 39.6 Å². The van der Waals surface area contributed by atoms with Gasteiger partial charge in [-0.2, -0.15) is 0 Å². The molecule has 3 aromatic rings. The van der Waals surface area contributed by atoms with Gasteiger partial charge < -0.3 is 15.4 Å². The molecule has 1 aliphatic carbocycles. The van der Waals surface area contributed by atoms with E-state index in [1.54, 1.807) is 12.1 Å². The summed E-state index contributed by atoms with van der Waals surface area (Å²) in [5, 5.41) is 5.49. The van der Waals surface area contributed by atoms with Crippen LogP contribution in [0, 0.1) is 17.6 Å². The van der Waals surface area contributed by atoms with Crippen LogP contribution in [-0.2, 0) is 4.79 Å². The minimum absolute atomic E-state index is 0.0452. The van der Waals surface area contributed by atoms with Gasteiger partial charge in [0.05, 0.1) is 39.3 Å². The standard InChI is InChI=1S/C24H15Cl5F2N2O3/c1-36-21-15(26)6-10(7-16(21)27)19-20(24(19,28)29)23(35)32-12-3-4-14(25)13(9-12)22(34)33-18-5-2-11(30)8-17(18)31/h2-9,19-20H,1H3,(H,32,35)(H,33,34). The normalized spacial score (nSPS) is 17.9. The Morgan fingerprint density at radius 2 is 1.58 bits per heavy atom. The van der Waals surface area contributed by atoms with E-state index in [1.165, 1.54) is 25.3 Å². The molecule has 2 atom stereocenters. The minimum atomic E-state index is -1.43. The third kappa shape index (κ3) is 5.22. The quantitative estimate of drug-likeness (QED) is 0.287. The molecule has 0 bridgehead atoms. The second-order valence-corrected chi connectivity index (χ2v) is 10.6. The zero-order chi connectivity index (χ0) is 26.4. The summed E-state index contributed by atoms with van der Waals surface area (Å²) in [6.45, 7) is 0. The van der Waals surface area contributed by atoms with Gasteiger partial charge in [-0.15, -0.1) is 23.2 Å². The number of amides is 2. The van der Waals surface area contributed by atoms with Gasteiger partial charge in [0.1, 0.15) is 16.0 Å². The van der Waals surface area contributed by atoms with Crippen LogP contribution in [-0.4, -0.2) is 23.3 Å². The first kappa shape index (κ1) is 26.8. The average molecular weight is 595 g/mol. The maximum atomic E-state index is 13.9. The third-order valence-electron chi connectivity index (χ3n) is 5.58. The fraction of sp³-hybridized carbons (Fsp3) is 0.167. The van der Waals surface area contributed by atoms with Gasteiger partial charge in [0.2, 0.25) is 5.91 Å². The number of anilines is 2. The van der Waals surface area contributed by atoms with Crippen LogP contribution < -0.4 is 15.4 Å². The van der Waals surface area contributed by atoms with E-state index in [2.05, 4.69) is 10.6 Å². The summed E-state index contributed by atoms with van der Waals surface area (Å²) in [7, 11) is 1.42. The minimum Gasteiger partial charge on any atom is -0.494 e. The molecule has 1 saturated carbocycles. The molecule has 5 nitrogen and oxygen atoms in total. The van der Waals surface area contributed by atoms with Crippen LogP contribution in [0.5, 0.6) is 5.75 Å². The zero-order valence-corrected chi connectivity index (χ0v) is 21.9. The summed E-state index contributed by atoms with van der Waals surface area (Å²) in [5.74, 6) is -4.22. The summed E-state index contributed by atoms with van der Waals surface area (Å²) in [6, 6.07) is 10.0. The van der Waals surface area contributed by atoms with Gasteiger partial charge in [0.25, 0.3) is 5.91 Å². The summed E-state index contributed by atoms with van der Waals surface area (Å²) in [6.07, 6.45) is 0.